The summed E-state index contributed by atoms with van der Waals surface area (Å²) < 4.78 is 5.05. The average Bonchev–Trinajstić information content (AvgIpc) is 3.85. The Balaban J connectivity index is 1.10. The van der Waals surface area contributed by atoms with Gasteiger partial charge in [-0.05, 0) is 99.3 Å². The largest absolute Gasteiger partial charge is 0.309 e. The number of allylic oxidation sites excluding steroid dienone is 3. The van der Waals surface area contributed by atoms with Gasteiger partial charge in [0.15, 0.2) is 0 Å². The van der Waals surface area contributed by atoms with E-state index in [0.717, 1.165) is 17.8 Å². The van der Waals surface area contributed by atoms with Gasteiger partial charge in [0.1, 0.15) is 0 Å². The van der Waals surface area contributed by atoms with Crippen molar-refractivity contribution in [3.8, 4) is 16.8 Å². The summed E-state index contributed by atoms with van der Waals surface area (Å²) >= 11 is 1.89. The third-order valence-corrected chi connectivity index (χ3v) is 13.5. The lowest BCUT2D eigenvalue weighted by molar-refractivity contribution is 0.848. The van der Waals surface area contributed by atoms with E-state index in [0.29, 0.717) is 0 Å². The first-order chi connectivity index (χ1) is 29.2. The minimum absolute atomic E-state index is 0.289. The minimum atomic E-state index is 0.289. The van der Waals surface area contributed by atoms with Crippen LogP contribution in [0, 0.1) is 0 Å². The van der Waals surface area contributed by atoms with Crippen molar-refractivity contribution in [1.29, 1.82) is 0 Å². The third kappa shape index (κ3) is 5.61. The van der Waals surface area contributed by atoms with Gasteiger partial charge in [-0.3, -0.25) is 0 Å². The highest BCUT2D eigenvalue weighted by atomic mass is 32.1. The molecule has 0 aliphatic heterocycles. The zero-order valence-electron chi connectivity index (χ0n) is 32.3. The standard InChI is InChI=1S/C56H38N2S/c1-2-13-37(14-3-1)42-28-32-53-50(34-42)48-20-8-10-23-52(48)58(53)45-35-51-49-21-9-11-24-55(49)59-56(51)54(36-45)57(44-31-25-38-15-4-5-17-41(38)33-44)43-29-26-40(27-30-43)47-22-12-18-39-16-6-7-19-46(39)47/h1-26,28-36,40H,27H2. The molecule has 0 saturated carbocycles. The van der Waals surface area contributed by atoms with Crippen molar-refractivity contribution in [2.24, 2.45) is 0 Å². The minimum Gasteiger partial charge on any atom is -0.309 e. The number of hydrogen-bond acceptors (Lipinski definition) is 2. The average molecular weight is 771 g/mol. The number of rotatable bonds is 6. The maximum Gasteiger partial charge on any atom is 0.0661 e. The lowest BCUT2D eigenvalue weighted by atomic mass is 9.88. The fourth-order valence-corrected chi connectivity index (χ4v) is 10.7. The smallest absolute Gasteiger partial charge is 0.0661 e. The highest BCUT2D eigenvalue weighted by Gasteiger charge is 2.24. The number of thiophene rings is 1. The van der Waals surface area contributed by atoms with E-state index in [4.69, 9.17) is 0 Å². The third-order valence-electron chi connectivity index (χ3n) is 12.3. The summed E-state index contributed by atoms with van der Waals surface area (Å²) in [6.07, 6.45) is 8.16. The van der Waals surface area contributed by atoms with Crippen LogP contribution in [0.3, 0.4) is 0 Å². The van der Waals surface area contributed by atoms with Crippen LogP contribution in [-0.2, 0) is 0 Å². The van der Waals surface area contributed by atoms with Crippen molar-refractivity contribution in [2.45, 2.75) is 12.3 Å². The molecule has 12 rings (SSSR count). The summed E-state index contributed by atoms with van der Waals surface area (Å²) in [6.45, 7) is 0. The monoisotopic (exact) mass is 770 g/mol. The lowest BCUT2D eigenvalue weighted by Crippen LogP contribution is -2.18. The second-order valence-corrected chi connectivity index (χ2v) is 16.7. The van der Waals surface area contributed by atoms with Crippen molar-refractivity contribution in [1.82, 2.24) is 4.57 Å². The number of benzene rings is 9. The van der Waals surface area contributed by atoms with Crippen molar-refractivity contribution < 1.29 is 0 Å². The SMILES string of the molecule is C1=CC(c2cccc3ccccc23)CC=C1N(c1ccc2ccccc2c1)c1cc(-n2c3ccccc3c3cc(-c4ccccc4)ccc32)cc2c1sc1ccccc12. The van der Waals surface area contributed by atoms with Crippen LogP contribution in [0.5, 0.6) is 0 Å². The summed E-state index contributed by atoms with van der Waals surface area (Å²) in [4.78, 5) is 2.52. The van der Waals surface area contributed by atoms with Crippen LogP contribution in [0.25, 0.3) is 80.3 Å². The summed E-state index contributed by atoms with van der Waals surface area (Å²) in [5.74, 6) is 0.289. The molecule has 0 spiro atoms. The Morgan fingerprint density at radius 2 is 1.22 bits per heavy atom. The highest BCUT2D eigenvalue weighted by Crippen LogP contribution is 2.47. The number of nitrogens with zero attached hydrogens (tertiary/aromatic N) is 2. The van der Waals surface area contributed by atoms with E-state index < -0.39 is 0 Å². The van der Waals surface area contributed by atoms with Gasteiger partial charge in [-0.2, -0.15) is 0 Å². The Morgan fingerprint density at radius 3 is 2.08 bits per heavy atom. The van der Waals surface area contributed by atoms with Crippen LogP contribution in [0.1, 0.15) is 17.9 Å². The second-order valence-electron chi connectivity index (χ2n) is 15.7. The van der Waals surface area contributed by atoms with Gasteiger partial charge in [0.2, 0.25) is 0 Å². The van der Waals surface area contributed by atoms with E-state index in [2.05, 4.69) is 222 Å². The number of fused-ring (bicyclic) bond motifs is 8. The molecule has 0 bridgehead atoms. The molecule has 0 saturated heterocycles. The molecule has 2 nitrogen and oxygen atoms in total. The summed E-state index contributed by atoms with van der Waals surface area (Å²) in [5.41, 5.74) is 10.9. The molecule has 1 atom stereocenters. The first kappa shape index (κ1) is 33.9. The zero-order chi connectivity index (χ0) is 38.9. The van der Waals surface area contributed by atoms with Gasteiger partial charge in [-0.1, -0.05) is 158 Å². The van der Waals surface area contributed by atoms with E-state index in [-0.39, 0.29) is 5.92 Å². The van der Waals surface area contributed by atoms with Gasteiger partial charge in [0.05, 0.1) is 21.4 Å². The molecule has 0 amide bonds. The van der Waals surface area contributed by atoms with Gasteiger partial charge >= 0.3 is 0 Å². The molecule has 11 aromatic rings. The molecule has 0 N–H and O–H groups in total. The van der Waals surface area contributed by atoms with Crippen molar-refractivity contribution >= 4 is 86.2 Å². The topological polar surface area (TPSA) is 8.17 Å². The summed E-state index contributed by atoms with van der Waals surface area (Å²) in [7, 11) is 0. The van der Waals surface area contributed by atoms with E-state index in [1.807, 2.05) is 11.3 Å². The van der Waals surface area contributed by atoms with Crippen LogP contribution >= 0.6 is 11.3 Å². The molecule has 0 radical (unpaired) electrons. The fourth-order valence-electron chi connectivity index (χ4n) is 9.47. The number of anilines is 2. The van der Waals surface area contributed by atoms with Crippen LogP contribution in [0.15, 0.2) is 218 Å². The van der Waals surface area contributed by atoms with Crippen molar-refractivity contribution in [2.75, 3.05) is 4.90 Å². The molecule has 2 aromatic heterocycles. The molecule has 278 valence electrons. The van der Waals surface area contributed by atoms with E-state index >= 15 is 0 Å². The summed E-state index contributed by atoms with van der Waals surface area (Å²) in [6, 6.07) is 71.4. The molecule has 1 unspecified atom stereocenters. The summed E-state index contributed by atoms with van der Waals surface area (Å²) in [5, 5.41) is 10.1. The molecular weight excluding hydrogens is 733 g/mol. The predicted molar refractivity (Wildman–Crippen MR) is 254 cm³/mol. The molecule has 1 aliphatic rings. The van der Waals surface area contributed by atoms with Gasteiger partial charge < -0.3 is 9.47 Å². The Morgan fingerprint density at radius 1 is 0.492 bits per heavy atom. The van der Waals surface area contributed by atoms with Crippen LogP contribution in [0.4, 0.5) is 11.4 Å². The van der Waals surface area contributed by atoms with Crippen LogP contribution < -0.4 is 4.90 Å². The molecular formula is C56H38N2S. The molecule has 9 aromatic carbocycles. The van der Waals surface area contributed by atoms with Gasteiger partial charge in [0, 0.05) is 49.2 Å². The Kier molecular flexibility index (Phi) is 7.89. The first-order valence-electron chi connectivity index (χ1n) is 20.4. The van der Waals surface area contributed by atoms with Crippen molar-refractivity contribution in [3.05, 3.63) is 224 Å². The Hall–Kier alpha value is -7.20. The van der Waals surface area contributed by atoms with E-state index in [1.54, 1.807) is 0 Å². The fraction of sp³-hybridized carbons (Fsp3) is 0.0357. The highest BCUT2D eigenvalue weighted by molar-refractivity contribution is 7.26. The number of aromatic nitrogens is 1. The maximum absolute atomic E-state index is 2.52. The lowest BCUT2D eigenvalue weighted by Gasteiger charge is -2.30. The zero-order valence-corrected chi connectivity index (χ0v) is 33.1. The normalized spacial score (nSPS) is 14.2. The second kappa shape index (κ2) is 13.7. The number of hydrogen-bond donors (Lipinski definition) is 0. The van der Waals surface area contributed by atoms with Gasteiger partial charge in [-0.25, -0.2) is 0 Å². The first-order valence-corrected chi connectivity index (χ1v) is 21.3. The molecule has 0 fully saturated rings. The van der Waals surface area contributed by atoms with Crippen LogP contribution in [0.2, 0.25) is 0 Å². The van der Waals surface area contributed by atoms with E-state index in [1.165, 1.54) is 91.6 Å². The Labute approximate surface area is 346 Å². The molecule has 2 heterocycles. The molecule has 1 aliphatic carbocycles. The van der Waals surface area contributed by atoms with E-state index in [9.17, 15) is 0 Å². The maximum atomic E-state index is 2.52. The van der Waals surface area contributed by atoms with Crippen molar-refractivity contribution in [3.63, 3.8) is 0 Å². The van der Waals surface area contributed by atoms with Gasteiger partial charge in [0.25, 0.3) is 0 Å². The molecule has 59 heavy (non-hydrogen) atoms. The Bertz CT molecular complexity index is 3490. The van der Waals surface area contributed by atoms with Crippen LogP contribution in [-0.4, -0.2) is 4.57 Å². The van der Waals surface area contributed by atoms with Gasteiger partial charge in [-0.15, -0.1) is 11.3 Å². The quantitative estimate of drug-likeness (QED) is 0.163. The number of para-hydroxylation sites is 1. The molecule has 3 heteroatoms. The predicted octanol–water partition coefficient (Wildman–Crippen LogP) is 15.9.